The van der Waals surface area contributed by atoms with Crippen LogP contribution in [0.4, 0.5) is 5.69 Å². The maximum atomic E-state index is 14.0. The number of anilines is 1. The quantitative estimate of drug-likeness (QED) is 0.250. The van der Waals surface area contributed by atoms with Gasteiger partial charge in [0.05, 0.1) is 28.2 Å². The topological polar surface area (TPSA) is 93.9 Å². The molecule has 0 amide bonds. The van der Waals surface area contributed by atoms with Gasteiger partial charge in [-0.3, -0.25) is 14.7 Å². The van der Waals surface area contributed by atoms with Crippen LogP contribution in [-0.4, -0.2) is 31.4 Å². The van der Waals surface area contributed by atoms with Gasteiger partial charge >= 0.3 is 0 Å². The van der Waals surface area contributed by atoms with E-state index < -0.39 is 0 Å². The highest BCUT2D eigenvalue weighted by Crippen LogP contribution is 2.25. The monoisotopic (exact) mass is 567 g/mol. The predicted molar refractivity (Wildman–Crippen MR) is 165 cm³/mol. The van der Waals surface area contributed by atoms with E-state index >= 15 is 0 Å². The number of nitrogens with one attached hydrogen (secondary N) is 2. The first-order chi connectivity index (χ1) is 19.4. The lowest BCUT2D eigenvalue weighted by molar-refractivity contribution is 0.414. The molecule has 0 unspecified atom stereocenters. The summed E-state index contributed by atoms with van der Waals surface area (Å²) in [6.45, 7) is 2.17. The average molecular weight is 568 g/mol. The Morgan fingerprint density at radius 1 is 1.00 bits per heavy atom. The molecular weight excluding hydrogens is 542 g/mol. The molecular formula is C30H25N5O3S2. The van der Waals surface area contributed by atoms with E-state index in [2.05, 4.69) is 15.4 Å². The van der Waals surface area contributed by atoms with Crippen LogP contribution < -0.4 is 21.2 Å². The second-order valence-electron chi connectivity index (χ2n) is 9.30. The Labute approximate surface area is 238 Å². The molecule has 6 rings (SSSR count). The third kappa shape index (κ3) is 4.61. The van der Waals surface area contributed by atoms with Gasteiger partial charge < -0.3 is 14.6 Å². The predicted octanol–water partition coefficient (Wildman–Crippen LogP) is 5.44. The van der Waals surface area contributed by atoms with Crippen molar-refractivity contribution in [3.63, 3.8) is 0 Å². The van der Waals surface area contributed by atoms with Crippen molar-refractivity contribution in [1.82, 2.24) is 19.3 Å². The highest BCUT2D eigenvalue weighted by atomic mass is 32.1. The number of methoxy groups -OCH3 is 1. The number of H-pyrrole nitrogens is 1. The minimum Gasteiger partial charge on any atom is -0.497 e. The van der Waals surface area contributed by atoms with E-state index in [1.165, 1.54) is 16.0 Å². The fourth-order valence-corrected chi connectivity index (χ4v) is 6.03. The molecule has 0 spiro atoms. The van der Waals surface area contributed by atoms with Crippen LogP contribution in [0.2, 0.25) is 0 Å². The number of thiazole rings is 1. The van der Waals surface area contributed by atoms with Crippen LogP contribution in [-0.2, 0) is 13.0 Å². The first-order valence-corrected chi connectivity index (χ1v) is 13.9. The molecule has 10 heteroatoms. The lowest BCUT2D eigenvalue weighted by atomic mass is 10.1. The molecule has 3 aromatic carbocycles. The third-order valence-electron chi connectivity index (χ3n) is 6.88. The van der Waals surface area contributed by atoms with Crippen LogP contribution in [0.5, 0.6) is 5.75 Å². The molecule has 0 fully saturated rings. The summed E-state index contributed by atoms with van der Waals surface area (Å²) in [5.41, 5.74) is 3.23. The van der Waals surface area contributed by atoms with Crippen molar-refractivity contribution in [1.29, 1.82) is 0 Å². The lowest BCUT2D eigenvalue weighted by Crippen LogP contribution is -2.32. The van der Waals surface area contributed by atoms with Crippen LogP contribution in [0.3, 0.4) is 0 Å². The summed E-state index contributed by atoms with van der Waals surface area (Å²) >= 11 is 7.16. The van der Waals surface area contributed by atoms with E-state index in [1.807, 2.05) is 78.9 Å². The molecule has 8 nitrogen and oxygen atoms in total. The fourth-order valence-electron chi connectivity index (χ4n) is 4.80. The van der Waals surface area contributed by atoms with Crippen LogP contribution in [0, 0.1) is 6.92 Å². The number of ether oxygens (including phenoxy) is 1. The van der Waals surface area contributed by atoms with Gasteiger partial charge in [-0.1, -0.05) is 66.0 Å². The highest BCUT2D eigenvalue weighted by Gasteiger charge is 2.24. The van der Waals surface area contributed by atoms with Gasteiger partial charge in [0.1, 0.15) is 16.3 Å². The number of hydrogen-bond donors (Lipinski definition) is 2. The summed E-state index contributed by atoms with van der Waals surface area (Å²) in [4.78, 5) is 32.8. The van der Waals surface area contributed by atoms with Gasteiger partial charge in [0.2, 0.25) is 5.13 Å². The Kier molecular flexibility index (Phi) is 6.79. The zero-order valence-corrected chi connectivity index (χ0v) is 23.4. The molecule has 0 bridgehead atoms. The molecule has 3 aromatic heterocycles. The van der Waals surface area contributed by atoms with Crippen molar-refractivity contribution in [2.24, 2.45) is 0 Å². The standard InChI is InChI=1S/C30H25N5O3S2/c1-18-24-26(33-35(29(24)37)30-32-22-10-6-7-11-23(22)40-30)25(27(39)31-20-8-4-3-5-9-20)28(36)34(18)17-16-19-12-14-21(38-2)15-13-19/h3-15,33H,16-17H2,1-2H3,(H,31,39). The molecule has 0 aliphatic rings. The maximum absolute atomic E-state index is 14.0. The second kappa shape index (κ2) is 10.6. The van der Waals surface area contributed by atoms with Crippen molar-refractivity contribution in [2.45, 2.75) is 19.9 Å². The van der Waals surface area contributed by atoms with E-state index in [9.17, 15) is 9.59 Å². The van der Waals surface area contributed by atoms with E-state index in [4.69, 9.17) is 17.0 Å². The van der Waals surface area contributed by atoms with Crippen LogP contribution >= 0.6 is 23.6 Å². The summed E-state index contributed by atoms with van der Waals surface area (Å²) in [6.07, 6.45) is 0.588. The Balaban J connectivity index is 1.50. The van der Waals surface area contributed by atoms with Crippen molar-refractivity contribution < 1.29 is 4.74 Å². The molecule has 0 aliphatic carbocycles. The summed E-state index contributed by atoms with van der Waals surface area (Å²) in [6, 6.07) is 24.8. The van der Waals surface area contributed by atoms with Gasteiger partial charge in [-0.2, -0.15) is 4.68 Å². The zero-order valence-electron chi connectivity index (χ0n) is 21.8. The smallest absolute Gasteiger partial charge is 0.283 e. The summed E-state index contributed by atoms with van der Waals surface area (Å²) in [5, 5.41) is 7.24. The maximum Gasteiger partial charge on any atom is 0.283 e. The van der Waals surface area contributed by atoms with Crippen molar-refractivity contribution >= 4 is 55.4 Å². The van der Waals surface area contributed by atoms with Crippen molar-refractivity contribution in [3.05, 3.63) is 116 Å². The summed E-state index contributed by atoms with van der Waals surface area (Å²) < 4.78 is 9.26. The van der Waals surface area contributed by atoms with E-state index in [-0.39, 0.29) is 21.7 Å². The Morgan fingerprint density at radius 2 is 1.73 bits per heavy atom. The molecule has 0 aliphatic heterocycles. The Bertz CT molecular complexity index is 1950. The second-order valence-corrected chi connectivity index (χ2v) is 10.7. The fraction of sp³-hybridized carbons (Fsp3) is 0.133. The van der Waals surface area contributed by atoms with Crippen LogP contribution in [0.1, 0.15) is 16.8 Å². The summed E-state index contributed by atoms with van der Waals surface area (Å²) in [5.74, 6) is 0.765. The number of benzene rings is 3. The molecule has 40 heavy (non-hydrogen) atoms. The number of aromatic amines is 1. The van der Waals surface area contributed by atoms with Gasteiger partial charge in [0.25, 0.3) is 11.1 Å². The van der Waals surface area contributed by atoms with Crippen molar-refractivity contribution in [3.8, 4) is 10.9 Å². The number of rotatable bonds is 7. The van der Waals surface area contributed by atoms with Gasteiger partial charge in [0.15, 0.2) is 0 Å². The van der Waals surface area contributed by atoms with Gasteiger partial charge in [-0.05, 0) is 55.3 Å². The summed E-state index contributed by atoms with van der Waals surface area (Å²) in [7, 11) is 1.62. The number of nitrogens with zero attached hydrogens (tertiary/aromatic N) is 3. The molecule has 0 saturated heterocycles. The van der Waals surface area contributed by atoms with E-state index in [0.29, 0.717) is 34.7 Å². The van der Waals surface area contributed by atoms with Crippen molar-refractivity contribution in [2.75, 3.05) is 12.4 Å². The number of aryl methyl sites for hydroxylation is 2. The molecule has 200 valence electrons. The number of pyridine rings is 1. The van der Waals surface area contributed by atoms with Crippen LogP contribution in [0.25, 0.3) is 26.3 Å². The largest absolute Gasteiger partial charge is 0.497 e. The SMILES string of the molecule is COc1ccc(CCn2c(C)c3c(=O)n(-c4nc5ccccc5s4)[nH]c3c(C(=S)Nc3ccccc3)c2=O)cc1. The third-order valence-corrected chi connectivity index (χ3v) is 8.21. The number of aromatic nitrogens is 4. The molecule has 6 aromatic rings. The Hall–Kier alpha value is -4.54. The molecule has 0 radical (unpaired) electrons. The van der Waals surface area contributed by atoms with E-state index in [0.717, 1.165) is 27.2 Å². The molecule has 0 saturated carbocycles. The number of thiocarbonyl (C=S) groups is 1. The first kappa shape index (κ1) is 25.7. The van der Waals surface area contributed by atoms with Gasteiger partial charge in [-0.15, -0.1) is 0 Å². The van der Waals surface area contributed by atoms with Gasteiger partial charge in [0, 0.05) is 17.9 Å². The first-order valence-electron chi connectivity index (χ1n) is 12.7. The minimum absolute atomic E-state index is 0.233. The molecule has 2 N–H and O–H groups in total. The lowest BCUT2D eigenvalue weighted by Gasteiger charge is -2.15. The Morgan fingerprint density at radius 3 is 2.45 bits per heavy atom. The van der Waals surface area contributed by atoms with Crippen LogP contribution in [0.15, 0.2) is 88.5 Å². The highest BCUT2D eigenvalue weighted by molar-refractivity contribution is 7.81. The molecule has 3 heterocycles. The number of fused-ring (bicyclic) bond motifs is 2. The average Bonchev–Trinajstić information content (AvgIpc) is 3.55. The van der Waals surface area contributed by atoms with E-state index in [1.54, 1.807) is 18.6 Å². The minimum atomic E-state index is -0.284. The zero-order chi connectivity index (χ0) is 27.8. The normalized spacial score (nSPS) is 11.2. The van der Waals surface area contributed by atoms with Gasteiger partial charge in [-0.25, -0.2) is 4.98 Å². The number of hydrogen-bond acceptors (Lipinski definition) is 6. The number of para-hydroxylation sites is 2. The molecule has 0 atom stereocenters.